The van der Waals surface area contributed by atoms with Crippen molar-refractivity contribution in [3.8, 4) is 11.3 Å². The van der Waals surface area contributed by atoms with Crippen LogP contribution in [0.4, 0.5) is 11.4 Å². The molecule has 1 aliphatic heterocycles. The zero-order valence-corrected chi connectivity index (χ0v) is 17.5. The molecule has 4 aromatic rings. The van der Waals surface area contributed by atoms with E-state index in [-0.39, 0.29) is 5.91 Å². The van der Waals surface area contributed by atoms with E-state index in [9.17, 15) is 4.79 Å². The largest absolute Gasteiger partial charge is 0.322 e. The van der Waals surface area contributed by atoms with Gasteiger partial charge in [-0.25, -0.2) is 0 Å². The lowest BCUT2D eigenvalue weighted by molar-refractivity contribution is 0.102. The van der Waals surface area contributed by atoms with Crippen LogP contribution < -0.4 is 21.3 Å². The van der Waals surface area contributed by atoms with Crippen molar-refractivity contribution >= 4 is 51.4 Å². The van der Waals surface area contributed by atoms with E-state index in [1.807, 2.05) is 53.7 Å². The number of fused-ring (bicyclic) bond motifs is 1. The first kappa shape index (κ1) is 19.4. The third kappa shape index (κ3) is 3.82. The summed E-state index contributed by atoms with van der Waals surface area (Å²) in [6.07, 6.45) is 3.69. The van der Waals surface area contributed by atoms with E-state index in [4.69, 9.17) is 23.2 Å². The number of halogens is 2. The molecule has 3 aromatic carbocycles. The topological polar surface area (TPSA) is 85.1 Å². The second-order valence-corrected chi connectivity index (χ2v) is 7.75. The predicted octanol–water partition coefficient (Wildman–Crippen LogP) is 5.09. The number of carbonyl (C=O) groups is 1. The highest BCUT2D eigenvalue weighted by Gasteiger charge is 2.14. The van der Waals surface area contributed by atoms with Gasteiger partial charge in [0, 0.05) is 34.1 Å². The van der Waals surface area contributed by atoms with Crippen molar-refractivity contribution in [2.24, 2.45) is 0 Å². The van der Waals surface area contributed by atoms with E-state index >= 15 is 0 Å². The van der Waals surface area contributed by atoms with Crippen molar-refractivity contribution in [2.45, 2.75) is 0 Å². The molecule has 9 heteroatoms. The van der Waals surface area contributed by atoms with Crippen molar-refractivity contribution in [3.05, 3.63) is 88.7 Å². The molecule has 1 amide bonds. The summed E-state index contributed by atoms with van der Waals surface area (Å²) in [6.45, 7) is 0. The molecule has 0 unspecified atom stereocenters. The number of carbonyl (C=O) groups excluding carboxylic acids is 1. The number of nitrogens with one attached hydrogen (secondary N) is 4. The monoisotopic (exact) mass is 450 g/mol. The fraction of sp³-hybridized carbons (Fsp3) is 0. The van der Waals surface area contributed by atoms with Gasteiger partial charge < -0.3 is 10.7 Å². The normalized spacial score (nSPS) is 12.9. The first-order valence-electron chi connectivity index (χ1n) is 9.40. The predicted molar refractivity (Wildman–Crippen MR) is 124 cm³/mol. The maximum atomic E-state index is 12.7. The van der Waals surface area contributed by atoms with Crippen LogP contribution in [0.15, 0.2) is 73.1 Å². The summed E-state index contributed by atoms with van der Waals surface area (Å²) in [5, 5.41) is 14.0. The molecule has 0 atom stereocenters. The number of H-pyrrole nitrogens is 1. The molecule has 0 fully saturated rings. The minimum atomic E-state index is -0.313. The average Bonchev–Trinajstić information content (AvgIpc) is 3.43. The van der Waals surface area contributed by atoms with E-state index in [0.29, 0.717) is 21.3 Å². The Morgan fingerprint density at radius 3 is 2.74 bits per heavy atom. The Morgan fingerprint density at radius 2 is 1.94 bits per heavy atom. The zero-order valence-electron chi connectivity index (χ0n) is 16.0. The third-order valence-electron chi connectivity index (χ3n) is 4.89. The summed E-state index contributed by atoms with van der Waals surface area (Å²) < 4.78 is 0. The Hall–Kier alpha value is -3.52. The van der Waals surface area contributed by atoms with Gasteiger partial charge in [-0.15, -0.1) is 5.53 Å². The van der Waals surface area contributed by atoms with Gasteiger partial charge in [0.15, 0.2) is 0 Å². The molecule has 0 spiro atoms. The molecule has 31 heavy (non-hydrogen) atoms. The Kier molecular flexibility index (Phi) is 4.99. The molecule has 0 saturated heterocycles. The standard InChI is InChI=1S/C22H16Cl2N6O/c23-14-4-6-17(19(24)11-14)22(31)26-15-3-1-2-13(10-15)21-18-12-16(30-9-8-25-29-30)5-7-20(18)27-28-21/h1-12,25,29H,(H,26,31)(H,27,28). The van der Waals surface area contributed by atoms with Crippen LogP contribution in [-0.2, 0) is 0 Å². The number of hydrazine groups is 2. The summed E-state index contributed by atoms with van der Waals surface area (Å²) in [7, 11) is 0. The van der Waals surface area contributed by atoms with Crippen molar-refractivity contribution in [1.82, 2.24) is 21.2 Å². The van der Waals surface area contributed by atoms with Gasteiger partial charge in [0.2, 0.25) is 0 Å². The van der Waals surface area contributed by atoms with E-state index in [1.54, 1.807) is 24.4 Å². The number of nitrogens with zero attached hydrogens (tertiary/aromatic N) is 2. The van der Waals surface area contributed by atoms with Crippen LogP contribution in [0.1, 0.15) is 10.4 Å². The van der Waals surface area contributed by atoms with E-state index in [2.05, 4.69) is 26.5 Å². The molecular formula is C22H16Cl2N6O. The van der Waals surface area contributed by atoms with Crippen LogP contribution in [0, 0.1) is 0 Å². The van der Waals surface area contributed by atoms with Crippen molar-refractivity contribution in [1.29, 1.82) is 0 Å². The molecule has 0 radical (unpaired) electrons. The Balaban J connectivity index is 1.46. The lowest BCUT2D eigenvalue weighted by Gasteiger charge is -2.15. The van der Waals surface area contributed by atoms with Crippen LogP contribution in [-0.4, -0.2) is 16.1 Å². The van der Waals surface area contributed by atoms with Gasteiger partial charge in [-0.2, -0.15) is 5.10 Å². The van der Waals surface area contributed by atoms with Crippen molar-refractivity contribution in [3.63, 3.8) is 0 Å². The molecule has 5 rings (SSSR count). The Labute approximate surface area is 187 Å². The highest BCUT2D eigenvalue weighted by atomic mass is 35.5. The van der Waals surface area contributed by atoms with Gasteiger partial charge in [0.1, 0.15) is 5.69 Å². The van der Waals surface area contributed by atoms with Crippen molar-refractivity contribution < 1.29 is 4.79 Å². The molecule has 154 valence electrons. The van der Waals surface area contributed by atoms with Gasteiger partial charge in [-0.1, -0.05) is 35.3 Å². The minimum Gasteiger partial charge on any atom is -0.322 e. The summed E-state index contributed by atoms with van der Waals surface area (Å²) in [4.78, 5) is 12.7. The highest BCUT2D eigenvalue weighted by molar-refractivity contribution is 6.37. The first-order chi connectivity index (χ1) is 15.1. The molecule has 1 aliphatic rings. The fourth-order valence-electron chi connectivity index (χ4n) is 3.39. The summed E-state index contributed by atoms with van der Waals surface area (Å²) in [5.41, 5.74) is 10.4. The van der Waals surface area contributed by atoms with Gasteiger partial charge >= 0.3 is 0 Å². The van der Waals surface area contributed by atoms with Crippen molar-refractivity contribution in [2.75, 3.05) is 10.3 Å². The number of aromatic nitrogens is 2. The second kappa shape index (κ2) is 7.96. The number of benzene rings is 3. The number of hydrogen-bond acceptors (Lipinski definition) is 5. The molecule has 0 bridgehead atoms. The van der Waals surface area contributed by atoms with E-state index in [0.717, 1.165) is 27.8 Å². The quantitative estimate of drug-likeness (QED) is 0.348. The van der Waals surface area contributed by atoms with Crippen LogP contribution in [0.5, 0.6) is 0 Å². The highest BCUT2D eigenvalue weighted by Crippen LogP contribution is 2.31. The van der Waals surface area contributed by atoms with Gasteiger partial charge in [-0.05, 0) is 48.5 Å². The third-order valence-corrected chi connectivity index (χ3v) is 5.43. The zero-order chi connectivity index (χ0) is 21.4. The van der Waals surface area contributed by atoms with Crippen LogP contribution >= 0.6 is 23.2 Å². The number of amides is 1. The number of anilines is 2. The maximum Gasteiger partial charge on any atom is 0.257 e. The van der Waals surface area contributed by atoms with Gasteiger partial charge in [0.05, 0.1) is 21.8 Å². The summed E-state index contributed by atoms with van der Waals surface area (Å²) in [6, 6.07) is 18.3. The number of aromatic amines is 1. The average molecular weight is 451 g/mol. The van der Waals surface area contributed by atoms with E-state index < -0.39 is 0 Å². The SMILES string of the molecule is O=C(Nc1cccc(-c2n[nH]c3ccc(N4C=CNN4)cc23)c1)c1ccc(Cl)cc1Cl. The second-order valence-electron chi connectivity index (χ2n) is 6.90. The molecule has 2 heterocycles. The molecule has 4 N–H and O–H groups in total. The Morgan fingerprint density at radius 1 is 1.03 bits per heavy atom. The first-order valence-corrected chi connectivity index (χ1v) is 10.2. The fourth-order valence-corrected chi connectivity index (χ4v) is 3.89. The molecule has 0 saturated carbocycles. The maximum absolute atomic E-state index is 12.7. The molecule has 1 aromatic heterocycles. The summed E-state index contributed by atoms with van der Waals surface area (Å²) in [5.74, 6) is -0.313. The van der Waals surface area contributed by atoms with Gasteiger partial charge in [-0.3, -0.25) is 14.9 Å². The molecule has 0 aliphatic carbocycles. The Bertz CT molecular complexity index is 1330. The number of hydrogen-bond donors (Lipinski definition) is 4. The lowest BCUT2D eigenvalue weighted by Crippen LogP contribution is -2.35. The molecule has 7 nitrogen and oxygen atoms in total. The smallest absolute Gasteiger partial charge is 0.257 e. The van der Waals surface area contributed by atoms with Gasteiger partial charge in [0.25, 0.3) is 5.91 Å². The van der Waals surface area contributed by atoms with E-state index in [1.165, 1.54) is 0 Å². The van der Waals surface area contributed by atoms with Crippen LogP contribution in [0.25, 0.3) is 22.2 Å². The minimum absolute atomic E-state index is 0.297. The molecular weight excluding hydrogens is 435 g/mol. The number of rotatable bonds is 4. The van der Waals surface area contributed by atoms with Crippen LogP contribution in [0.3, 0.4) is 0 Å². The van der Waals surface area contributed by atoms with Crippen LogP contribution in [0.2, 0.25) is 10.0 Å². The summed E-state index contributed by atoms with van der Waals surface area (Å²) >= 11 is 12.1. The lowest BCUT2D eigenvalue weighted by atomic mass is 10.1.